The van der Waals surface area contributed by atoms with Crippen LogP contribution in [-0.4, -0.2) is 5.91 Å². The zero-order chi connectivity index (χ0) is 13.2. The lowest BCUT2D eigenvalue weighted by molar-refractivity contribution is 0.102. The van der Waals surface area contributed by atoms with Gasteiger partial charge in [0.2, 0.25) is 0 Å². The van der Waals surface area contributed by atoms with Crippen molar-refractivity contribution in [2.75, 3.05) is 5.32 Å². The number of hydrogen-bond donors (Lipinski definition) is 1. The first-order valence-electron chi connectivity index (χ1n) is 6.40. The van der Waals surface area contributed by atoms with Crippen molar-refractivity contribution in [3.05, 3.63) is 64.1 Å². The van der Waals surface area contributed by atoms with Gasteiger partial charge in [-0.25, -0.2) is 0 Å². The van der Waals surface area contributed by atoms with E-state index in [1.165, 1.54) is 18.4 Å². The summed E-state index contributed by atoms with van der Waals surface area (Å²) in [6.07, 6.45) is 2.45. The van der Waals surface area contributed by atoms with Crippen molar-refractivity contribution in [1.82, 2.24) is 0 Å². The molecular weight excluding hydrogens is 302 g/mol. The van der Waals surface area contributed by atoms with E-state index in [2.05, 4.69) is 27.3 Å². The van der Waals surface area contributed by atoms with Crippen LogP contribution >= 0.6 is 15.9 Å². The molecule has 96 valence electrons. The molecule has 2 aromatic carbocycles. The van der Waals surface area contributed by atoms with E-state index in [0.29, 0.717) is 11.5 Å². The zero-order valence-corrected chi connectivity index (χ0v) is 12.0. The third kappa shape index (κ3) is 2.87. The van der Waals surface area contributed by atoms with Crippen molar-refractivity contribution in [3.8, 4) is 0 Å². The number of amides is 1. The molecule has 0 radical (unpaired) electrons. The summed E-state index contributed by atoms with van der Waals surface area (Å²) >= 11 is 3.37. The van der Waals surface area contributed by atoms with Gasteiger partial charge in [0.05, 0.1) is 0 Å². The largest absolute Gasteiger partial charge is 0.322 e. The summed E-state index contributed by atoms with van der Waals surface area (Å²) in [5, 5.41) is 3.01. The minimum absolute atomic E-state index is 0.0550. The van der Waals surface area contributed by atoms with Crippen molar-refractivity contribution < 1.29 is 4.79 Å². The van der Waals surface area contributed by atoms with E-state index >= 15 is 0 Å². The second-order valence-corrected chi connectivity index (χ2v) is 5.74. The Labute approximate surface area is 121 Å². The fourth-order valence-corrected chi connectivity index (χ4v) is 2.42. The molecule has 0 atom stereocenters. The first-order valence-corrected chi connectivity index (χ1v) is 7.19. The number of benzene rings is 2. The van der Waals surface area contributed by atoms with E-state index < -0.39 is 0 Å². The van der Waals surface area contributed by atoms with Gasteiger partial charge in [-0.2, -0.15) is 0 Å². The van der Waals surface area contributed by atoms with Gasteiger partial charge in [0.25, 0.3) is 5.91 Å². The summed E-state index contributed by atoms with van der Waals surface area (Å²) in [7, 11) is 0. The Hall–Kier alpha value is -1.61. The molecule has 2 nitrogen and oxygen atoms in total. The Morgan fingerprint density at radius 3 is 2.42 bits per heavy atom. The molecule has 2 aromatic rings. The van der Waals surface area contributed by atoms with Crippen molar-refractivity contribution in [1.29, 1.82) is 0 Å². The summed E-state index contributed by atoms with van der Waals surface area (Å²) in [5.41, 5.74) is 2.87. The van der Waals surface area contributed by atoms with Crippen LogP contribution in [0.3, 0.4) is 0 Å². The summed E-state index contributed by atoms with van der Waals surface area (Å²) in [5.74, 6) is 0.571. The molecule has 1 N–H and O–H groups in total. The van der Waals surface area contributed by atoms with Gasteiger partial charge in [0, 0.05) is 15.7 Å². The van der Waals surface area contributed by atoms with Gasteiger partial charge in [0.1, 0.15) is 0 Å². The van der Waals surface area contributed by atoms with Crippen LogP contribution < -0.4 is 5.32 Å². The maximum absolute atomic E-state index is 12.2. The zero-order valence-electron chi connectivity index (χ0n) is 10.4. The van der Waals surface area contributed by atoms with E-state index in [1.807, 2.05) is 42.5 Å². The summed E-state index contributed by atoms with van der Waals surface area (Å²) in [4.78, 5) is 12.2. The molecule has 0 aromatic heterocycles. The Morgan fingerprint density at radius 1 is 1.05 bits per heavy atom. The number of anilines is 1. The summed E-state index contributed by atoms with van der Waals surface area (Å²) in [6, 6.07) is 15.5. The standard InChI is InChI=1S/C16H14BrNO/c17-13-9-7-12(8-10-13)16(19)18-15-4-2-1-3-14(15)11-5-6-11/h1-4,7-11H,5-6H2,(H,18,19). The molecule has 1 amide bonds. The van der Waals surface area contributed by atoms with Crippen molar-refractivity contribution in [3.63, 3.8) is 0 Å². The number of carbonyl (C=O) groups is 1. The Morgan fingerprint density at radius 2 is 1.74 bits per heavy atom. The smallest absolute Gasteiger partial charge is 0.255 e. The molecule has 3 heteroatoms. The molecule has 0 unspecified atom stereocenters. The van der Waals surface area contributed by atoms with Gasteiger partial charge in [-0.15, -0.1) is 0 Å². The highest BCUT2D eigenvalue weighted by Crippen LogP contribution is 2.43. The number of carbonyl (C=O) groups excluding carboxylic acids is 1. The molecule has 3 rings (SSSR count). The predicted molar refractivity (Wildman–Crippen MR) is 80.5 cm³/mol. The topological polar surface area (TPSA) is 29.1 Å². The second-order valence-electron chi connectivity index (χ2n) is 4.82. The van der Waals surface area contributed by atoms with E-state index in [0.717, 1.165) is 10.2 Å². The Balaban J connectivity index is 1.81. The molecule has 0 aliphatic heterocycles. The molecule has 1 fully saturated rings. The van der Waals surface area contributed by atoms with Crippen LogP contribution in [0, 0.1) is 0 Å². The van der Waals surface area contributed by atoms with Gasteiger partial charge in [-0.1, -0.05) is 34.1 Å². The SMILES string of the molecule is O=C(Nc1ccccc1C1CC1)c1ccc(Br)cc1. The molecule has 1 saturated carbocycles. The van der Waals surface area contributed by atoms with Gasteiger partial charge in [0.15, 0.2) is 0 Å². The van der Waals surface area contributed by atoms with E-state index in [9.17, 15) is 4.79 Å². The van der Waals surface area contributed by atoms with Crippen LogP contribution in [0.15, 0.2) is 53.0 Å². The van der Waals surface area contributed by atoms with Crippen LogP contribution in [0.1, 0.15) is 34.7 Å². The number of para-hydroxylation sites is 1. The third-order valence-electron chi connectivity index (χ3n) is 3.33. The fraction of sp³-hybridized carbons (Fsp3) is 0.188. The minimum atomic E-state index is -0.0550. The second kappa shape index (κ2) is 5.17. The summed E-state index contributed by atoms with van der Waals surface area (Å²) in [6.45, 7) is 0. The van der Waals surface area contributed by atoms with Crippen LogP contribution in [-0.2, 0) is 0 Å². The minimum Gasteiger partial charge on any atom is -0.322 e. The average Bonchev–Trinajstić information content (AvgIpc) is 3.24. The quantitative estimate of drug-likeness (QED) is 0.882. The van der Waals surface area contributed by atoms with Crippen LogP contribution in [0.5, 0.6) is 0 Å². The number of rotatable bonds is 3. The Kier molecular flexibility index (Phi) is 3.38. The van der Waals surface area contributed by atoms with Crippen LogP contribution in [0.2, 0.25) is 0 Å². The van der Waals surface area contributed by atoms with E-state index in [-0.39, 0.29) is 5.91 Å². The van der Waals surface area contributed by atoms with Gasteiger partial charge < -0.3 is 5.32 Å². The number of halogens is 1. The van der Waals surface area contributed by atoms with E-state index in [1.54, 1.807) is 0 Å². The van der Waals surface area contributed by atoms with Gasteiger partial charge >= 0.3 is 0 Å². The molecule has 0 heterocycles. The van der Waals surface area contributed by atoms with E-state index in [4.69, 9.17) is 0 Å². The molecular formula is C16H14BrNO. The molecule has 0 spiro atoms. The molecule has 0 bridgehead atoms. The van der Waals surface area contributed by atoms with Crippen LogP contribution in [0.4, 0.5) is 5.69 Å². The van der Waals surface area contributed by atoms with Crippen LogP contribution in [0.25, 0.3) is 0 Å². The van der Waals surface area contributed by atoms with Crippen molar-refractivity contribution >= 4 is 27.5 Å². The number of hydrogen-bond acceptors (Lipinski definition) is 1. The molecule has 1 aliphatic rings. The molecule has 19 heavy (non-hydrogen) atoms. The van der Waals surface area contributed by atoms with Crippen molar-refractivity contribution in [2.45, 2.75) is 18.8 Å². The average molecular weight is 316 g/mol. The highest BCUT2D eigenvalue weighted by molar-refractivity contribution is 9.10. The van der Waals surface area contributed by atoms with Gasteiger partial charge in [-0.3, -0.25) is 4.79 Å². The van der Waals surface area contributed by atoms with Crippen molar-refractivity contribution in [2.24, 2.45) is 0 Å². The first kappa shape index (κ1) is 12.4. The maximum atomic E-state index is 12.2. The predicted octanol–water partition coefficient (Wildman–Crippen LogP) is 4.58. The lowest BCUT2D eigenvalue weighted by Crippen LogP contribution is -2.12. The lowest BCUT2D eigenvalue weighted by Gasteiger charge is -2.10. The maximum Gasteiger partial charge on any atom is 0.255 e. The number of nitrogens with one attached hydrogen (secondary N) is 1. The Bertz CT molecular complexity index is 602. The fourth-order valence-electron chi connectivity index (χ4n) is 2.16. The normalized spacial score (nSPS) is 14.2. The molecule has 1 aliphatic carbocycles. The molecule has 0 saturated heterocycles. The highest BCUT2D eigenvalue weighted by Gasteiger charge is 2.26. The monoisotopic (exact) mass is 315 g/mol. The first-order chi connectivity index (χ1) is 9.24. The summed E-state index contributed by atoms with van der Waals surface area (Å²) < 4.78 is 0.974. The lowest BCUT2D eigenvalue weighted by atomic mass is 10.1. The highest BCUT2D eigenvalue weighted by atomic mass is 79.9. The third-order valence-corrected chi connectivity index (χ3v) is 3.86. The van der Waals surface area contributed by atoms with Gasteiger partial charge in [-0.05, 0) is 54.7 Å².